The van der Waals surface area contributed by atoms with E-state index in [0.29, 0.717) is 12.2 Å². The molecule has 0 aromatic rings. The number of halogens is 1. The van der Waals surface area contributed by atoms with Crippen LogP contribution in [0.15, 0.2) is 4.99 Å². The predicted octanol–water partition coefficient (Wildman–Crippen LogP) is 1.14. The van der Waals surface area contributed by atoms with Crippen molar-refractivity contribution >= 4 is 29.9 Å². The molecule has 124 valence electrons. The molecule has 2 aliphatic rings. The summed E-state index contributed by atoms with van der Waals surface area (Å²) < 4.78 is 16.6. The van der Waals surface area contributed by atoms with Gasteiger partial charge in [-0.05, 0) is 25.7 Å². The van der Waals surface area contributed by atoms with Crippen LogP contribution < -0.4 is 10.6 Å². The van der Waals surface area contributed by atoms with E-state index in [1.165, 1.54) is 6.42 Å². The van der Waals surface area contributed by atoms with Crippen LogP contribution in [0.5, 0.6) is 0 Å². The number of nitrogens with zero attached hydrogens (tertiary/aromatic N) is 1. The van der Waals surface area contributed by atoms with Crippen LogP contribution in [0.3, 0.4) is 0 Å². The number of hydrogen-bond acceptors (Lipinski definition) is 4. The fraction of sp³-hybridized carbons (Fsp3) is 0.929. The lowest BCUT2D eigenvalue weighted by Crippen LogP contribution is -2.41. The molecule has 2 rings (SSSR count). The van der Waals surface area contributed by atoms with Gasteiger partial charge in [0, 0.05) is 40.0 Å². The molecule has 7 heteroatoms. The largest absolute Gasteiger partial charge is 0.379 e. The van der Waals surface area contributed by atoms with Crippen LogP contribution in [0.2, 0.25) is 0 Å². The quantitative estimate of drug-likeness (QED) is 0.284. The van der Waals surface area contributed by atoms with Gasteiger partial charge >= 0.3 is 0 Å². The molecule has 2 atom stereocenters. The normalized spacial score (nSPS) is 25.7. The molecule has 6 nitrogen and oxygen atoms in total. The maximum Gasteiger partial charge on any atom is 0.191 e. The van der Waals surface area contributed by atoms with Crippen molar-refractivity contribution in [1.82, 2.24) is 10.6 Å². The molecule has 21 heavy (non-hydrogen) atoms. The van der Waals surface area contributed by atoms with Crippen molar-refractivity contribution in [3.63, 3.8) is 0 Å². The highest BCUT2D eigenvalue weighted by Crippen LogP contribution is 2.10. The molecule has 2 aliphatic heterocycles. The van der Waals surface area contributed by atoms with Gasteiger partial charge < -0.3 is 24.8 Å². The topological polar surface area (TPSA) is 64.1 Å². The average Bonchev–Trinajstić information content (AvgIpc) is 3.14. The number of nitrogens with one attached hydrogen (secondary N) is 2. The van der Waals surface area contributed by atoms with E-state index < -0.39 is 0 Å². The smallest absolute Gasteiger partial charge is 0.191 e. The van der Waals surface area contributed by atoms with Crippen LogP contribution in [-0.4, -0.2) is 64.7 Å². The summed E-state index contributed by atoms with van der Waals surface area (Å²) in [7, 11) is 1.79. The minimum atomic E-state index is 0. The number of rotatable bonds is 7. The van der Waals surface area contributed by atoms with Gasteiger partial charge in [-0.3, -0.25) is 4.99 Å². The van der Waals surface area contributed by atoms with Gasteiger partial charge in [0.2, 0.25) is 0 Å². The van der Waals surface area contributed by atoms with Crippen molar-refractivity contribution in [2.45, 2.75) is 37.9 Å². The summed E-state index contributed by atoms with van der Waals surface area (Å²) in [5, 5.41) is 6.59. The third-order valence-corrected chi connectivity index (χ3v) is 3.60. The molecule has 0 aliphatic carbocycles. The molecule has 0 aromatic carbocycles. The molecule has 0 radical (unpaired) electrons. The Balaban J connectivity index is 0.00000220. The molecule has 0 spiro atoms. The van der Waals surface area contributed by atoms with Crippen molar-refractivity contribution in [3.8, 4) is 0 Å². The summed E-state index contributed by atoms with van der Waals surface area (Å²) in [6.45, 7) is 4.93. The van der Waals surface area contributed by atoms with Crippen molar-refractivity contribution in [2.75, 3.05) is 46.6 Å². The van der Waals surface area contributed by atoms with Crippen LogP contribution in [-0.2, 0) is 14.2 Å². The second kappa shape index (κ2) is 11.4. The fourth-order valence-corrected chi connectivity index (χ4v) is 2.41. The van der Waals surface area contributed by atoms with Gasteiger partial charge in [-0.1, -0.05) is 0 Å². The highest BCUT2D eigenvalue weighted by atomic mass is 127. The second-order valence-electron chi connectivity index (χ2n) is 5.22. The summed E-state index contributed by atoms with van der Waals surface area (Å²) in [5.74, 6) is 0.838. The number of hydrogen-bond donors (Lipinski definition) is 2. The highest BCUT2D eigenvalue weighted by Gasteiger charge is 2.16. The monoisotopic (exact) mass is 413 g/mol. The summed E-state index contributed by atoms with van der Waals surface area (Å²) >= 11 is 0. The maximum atomic E-state index is 5.71. The van der Waals surface area contributed by atoms with Crippen LogP contribution in [0.25, 0.3) is 0 Å². The van der Waals surface area contributed by atoms with Gasteiger partial charge in [0.25, 0.3) is 0 Å². The Morgan fingerprint density at radius 2 is 2.19 bits per heavy atom. The van der Waals surface area contributed by atoms with E-state index in [9.17, 15) is 0 Å². The van der Waals surface area contributed by atoms with Crippen LogP contribution in [0, 0.1) is 0 Å². The first-order chi connectivity index (χ1) is 9.88. The molecular weight excluding hydrogens is 385 g/mol. The molecule has 2 unspecified atom stereocenters. The molecular formula is C14H28IN3O3. The lowest BCUT2D eigenvalue weighted by atomic mass is 10.2. The SMILES string of the molecule is CN=C(NCCCOC1CCOC1)NCC1CCCO1.I. The number of guanidine groups is 1. The first kappa shape index (κ1) is 18.9. The Morgan fingerprint density at radius 3 is 2.86 bits per heavy atom. The minimum absolute atomic E-state index is 0. The van der Waals surface area contributed by atoms with Crippen molar-refractivity contribution < 1.29 is 14.2 Å². The maximum absolute atomic E-state index is 5.71. The minimum Gasteiger partial charge on any atom is -0.379 e. The Bertz CT molecular complexity index is 293. The third-order valence-electron chi connectivity index (χ3n) is 3.60. The lowest BCUT2D eigenvalue weighted by Gasteiger charge is -2.15. The molecule has 2 fully saturated rings. The van der Waals surface area contributed by atoms with Gasteiger partial charge in [-0.25, -0.2) is 0 Å². The van der Waals surface area contributed by atoms with Gasteiger partial charge in [-0.2, -0.15) is 0 Å². The van der Waals surface area contributed by atoms with Crippen molar-refractivity contribution in [2.24, 2.45) is 4.99 Å². The first-order valence-corrected chi connectivity index (χ1v) is 7.64. The van der Waals surface area contributed by atoms with Gasteiger partial charge in [0.05, 0.1) is 18.8 Å². The van der Waals surface area contributed by atoms with Crippen LogP contribution in [0.4, 0.5) is 0 Å². The van der Waals surface area contributed by atoms with E-state index in [0.717, 1.165) is 64.7 Å². The molecule has 0 aromatic heterocycles. The summed E-state index contributed by atoms with van der Waals surface area (Å²) in [5.41, 5.74) is 0. The zero-order chi connectivity index (χ0) is 14.0. The van der Waals surface area contributed by atoms with E-state index in [1.807, 2.05) is 0 Å². The summed E-state index contributed by atoms with van der Waals surface area (Å²) in [6.07, 6.45) is 4.93. The fourth-order valence-electron chi connectivity index (χ4n) is 2.41. The Kier molecular flexibility index (Phi) is 10.3. The Labute approximate surface area is 144 Å². The second-order valence-corrected chi connectivity index (χ2v) is 5.22. The molecule has 0 amide bonds. The first-order valence-electron chi connectivity index (χ1n) is 7.64. The molecule has 2 saturated heterocycles. The Morgan fingerprint density at radius 1 is 1.29 bits per heavy atom. The zero-order valence-electron chi connectivity index (χ0n) is 12.8. The standard InChI is InChI=1S/C14H27N3O3.HI/c1-15-14(17-10-12-4-2-7-19-12)16-6-3-8-20-13-5-9-18-11-13;/h12-13H,2-11H2,1H3,(H2,15,16,17);1H. The average molecular weight is 413 g/mol. The Hall–Kier alpha value is -0.120. The van der Waals surface area contributed by atoms with E-state index in [-0.39, 0.29) is 24.0 Å². The van der Waals surface area contributed by atoms with Crippen molar-refractivity contribution in [1.29, 1.82) is 0 Å². The molecule has 0 saturated carbocycles. The van der Waals surface area contributed by atoms with Gasteiger partial charge in [0.15, 0.2) is 5.96 Å². The summed E-state index contributed by atoms with van der Waals surface area (Å²) in [6, 6.07) is 0. The number of ether oxygens (including phenoxy) is 3. The predicted molar refractivity (Wildman–Crippen MR) is 93.5 cm³/mol. The van der Waals surface area contributed by atoms with E-state index in [1.54, 1.807) is 7.05 Å². The third kappa shape index (κ3) is 7.62. The van der Waals surface area contributed by atoms with E-state index >= 15 is 0 Å². The van der Waals surface area contributed by atoms with Crippen molar-refractivity contribution in [3.05, 3.63) is 0 Å². The van der Waals surface area contributed by atoms with Crippen LogP contribution in [0.1, 0.15) is 25.7 Å². The van der Waals surface area contributed by atoms with E-state index in [4.69, 9.17) is 14.2 Å². The molecule has 2 heterocycles. The lowest BCUT2D eigenvalue weighted by molar-refractivity contribution is 0.0419. The molecule has 0 bridgehead atoms. The highest BCUT2D eigenvalue weighted by molar-refractivity contribution is 14.0. The van der Waals surface area contributed by atoms with Gasteiger partial charge in [0.1, 0.15) is 0 Å². The van der Waals surface area contributed by atoms with E-state index in [2.05, 4.69) is 15.6 Å². The number of aliphatic imine (C=N–C) groups is 1. The van der Waals surface area contributed by atoms with Gasteiger partial charge in [-0.15, -0.1) is 24.0 Å². The van der Waals surface area contributed by atoms with Crippen LogP contribution >= 0.6 is 24.0 Å². The molecule has 2 N–H and O–H groups in total. The zero-order valence-corrected chi connectivity index (χ0v) is 15.1. The summed E-state index contributed by atoms with van der Waals surface area (Å²) in [4.78, 5) is 4.20.